The molecule has 0 heterocycles. The number of hydrogen-bond donors (Lipinski definition) is 2. The molecule has 2 aromatic carbocycles. The van der Waals surface area contributed by atoms with Crippen LogP contribution in [0.3, 0.4) is 0 Å². The number of halogens is 7. The van der Waals surface area contributed by atoms with Crippen LogP contribution in [-0.4, -0.2) is 18.5 Å². The molecule has 1 aliphatic carbocycles. The van der Waals surface area contributed by atoms with Crippen molar-refractivity contribution in [3.8, 4) is 0 Å². The Morgan fingerprint density at radius 3 is 2.16 bits per heavy atom. The van der Waals surface area contributed by atoms with Crippen LogP contribution in [-0.2, 0) is 12.4 Å². The average Bonchev–Trinajstić information content (AvgIpc) is 2.72. The maximum Gasteiger partial charge on any atom is 0.416 e. The molecule has 0 unspecified atom stereocenters. The second kappa shape index (κ2) is 9.60. The topological polar surface area (TPSA) is 41.1 Å². The lowest BCUT2D eigenvalue weighted by Crippen LogP contribution is -2.38. The van der Waals surface area contributed by atoms with Crippen molar-refractivity contribution in [2.45, 2.75) is 44.1 Å². The fourth-order valence-electron chi connectivity index (χ4n) is 3.72. The number of carbonyl (C=O) groups is 1. The number of amides is 1. The van der Waals surface area contributed by atoms with Crippen molar-refractivity contribution in [1.29, 1.82) is 0 Å². The molecule has 0 aromatic heterocycles. The molecule has 0 saturated heterocycles. The molecule has 0 bridgehead atoms. The molecule has 10 heteroatoms. The highest BCUT2D eigenvalue weighted by molar-refractivity contribution is 6.33. The van der Waals surface area contributed by atoms with E-state index < -0.39 is 29.4 Å². The molecule has 1 fully saturated rings. The summed E-state index contributed by atoms with van der Waals surface area (Å²) in [4.78, 5) is 12.5. The molecule has 0 radical (unpaired) electrons. The number of rotatable bonds is 5. The van der Waals surface area contributed by atoms with Crippen molar-refractivity contribution in [3.63, 3.8) is 0 Å². The third-order valence-electron chi connectivity index (χ3n) is 5.51. The Labute approximate surface area is 186 Å². The zero-order chi connectivity index (χ0) is 23.5. The van der Waals surface area contributed by atoms with Crippen molar-refractivity contribution in [2.24, 2.45) is 5.92 Å². The van der Waals surface area contributed by atoms with Gasteiger partial charge in [0.15, 0.2) is 0 Å². The van der Waals surface area contributed by atoms with Crippen LogP contribution in [0.25, 0.3) is 0 Å². The molecule has 174 valence electrons. The molecule has 0 atom stereocenters. The van der Waals surface area contributed by atoms with Crippen LogP contribution in [0.2, 0.25) is 5.02 Å². The summed E-state index contributed by atoms with van der Waals surface area (Å²) in [6.45, 7) is 0.488. The van der Waals surface area contributed by atoms with Gasteiger partial charge in [0.1, 0.15) is 0 Å². The fraction of sp³-hybridized carbons (Fsp3) is 0.409. The first-order valence-electron chi connectivity index (χ1n) is 10.0. The minimum Gasteiger partial charge on any atom is -0.385 e. The molecule has 32 heavy (non-hydrogen) atoms. The quantitative estimate of drug-likeness (QED) is 0.465. The van der Waals surface area contributed by atoms with Crippen LogP contribution in [0, 0.1) is 5.92 Å². The van der Waals surface area contributed by atoms with E-state index in [1.54, 1.807) is 6.07 Å². The Morgan fingerprint density at radius 1 is 0.906 bits per heavy atom. The minimum atomic E-state index is -4.58. The highest BCUT2D eigenvalue weighted by Crippen LogP contribution is 2.33. The van der Waals surface area contributed by atoms with Gasteiger partial charge in [0.05, 0.1) is 21.7 Å². The maximum atomic E-state index is 12.9. The molecule has 1 saturated carbocycles. The molecule has 0 spiro atoms. The molecule has 2 N–H and O–H groups in total. The summed E-state index contributed by atoms with van der Waals surface area (Å²) in [7, 11) is 0. The van der Waals surface area contributed by atoms with E-state index in [4.69, 9.17) is 11.6 Å². The van der Waals surface area contributed by atoms with Crippen LogP contribution in [0.4, 0.5) is 32.0 Å². The van der Waals surface area contributed by atoms with Crippen LogP contribution in [0.1, 0.15) is 47.2 Å². The number of benzene rings is 2. The highest BCUT2D eigenvalue weighted by atomic mass is 35.5. The first kappa shape index (κ1) is 24.2. The fourth-order valence-corrected chi connectivity index (χ4v) is 3.92. The molecular weight excluding hydrogens is 458 g/mol. The third-order valence-corrected chi connectivity index (χ3v) is 5.83. The Hall–Kier alpha value is -2.42. The van der Waals surface area contributed by atoms with Gasteiger partial charge in [0.2, 0.25) is 0 Å². The van der Waals surface area contributed by atoms with Gasteiger partial charge in [-0.05, 0) is 68.0 Å². The predicted octanol–water partition coefficient (Wildman–Crippen LogP) is 6.78. The molecule has 3 rings (SSSR count). The van der Waals surface area contributed by atoms with E-state index in [1.807, 2.05) is 0 Å². The van der Waals surface area contributed by atoms with Crippen molar-refractivity contribution >= 4 is 23.2 Å². The van der Waals surface area contributed by atoms with Crippen LogP contribution in [0.15, 0.2) is 42.5 Å². The average molecular weight is 479 g/mol. The lowest BCUT2D eigenvalue weighted by atomic mass is 9.86. The number of hydrogen-bond acceptors (Lipinski definition) is 2. The highest BCUT2D eigenvalue weighted by Gasteiger charge is 2.32. The molecule has 1 aliphatic rings. The lowest BCUT2D eigenvalue weighted by Gasteiger charge is -2.29. The number of anilines is 1. The van der Waals surface area contributed by atoms with Gasteiger partial charge in [-0.1, -0.05) is 17.7 Å². The van der Waals surface area contributed by atoms with Gasteiger partial charge >= 0.3 is 12.4 Å². The summed E-state index contributed by atoms with van der Waals surface area (Å²) < 4.78 is 77.1. The van der Waals surface area contributed by atoms with Gasteiger partial charge in [0.25, 0.3) is 5.91 Å². The zero-order valence-corrected chi connectivity index (χ0v) is 17.5. The van der Waals surface area contributed by atoms with Crippen molar-refractivity contribution in [2.75, 3.05) is 11.9 Å². The second-order valence-electron chi connectivity index (χ2n) is 7.84. The zero-order valence-electron chi connectivity index (χ0n) is 16.8. The van der Waals surface area contributed by atoms with Gasteiger partial charge in [-0.2, -0.15) is 26.3 Å². The molecule has 3 nitrogen and oxygen atoms in total. The Balaban J connectivity index is 1.51. The van der Waals surface area contributed by atoms with E-state index in [2.05, 4.69) is 10.6 Å². The van der Waals surface area contributed by atoms with E-state index in [1.165, 1.54) is 6.07 Å². The lowest BCUT2D eigenvalue weighted by molar-refractivity contribution is -0.138. The first-order valence-corrected chi connectivity index (χ1v) is 10.4. The monoisotopic (exact) mass is 478 g/mol. The second-order valence-corrected chi connectivity index (χ2v) is 8.25. The van der Waals surface area contributed by atoms with Crippen molar-refractivity contribution < 1.29 is 31.1 Å². The van der Waals surface area contributed by atoms with Gasteiger partial charge in [-0.25, -0.2) is 0 Å². The van der Waals surface area contributed by atoms with Crippen LogP contribution >= 0.6 is 11.6 Å². The SMILES string of the molecule is O=C(N[C@H]1CC[C@H](CNc2cccc(C(F)(F)F)c2)CC1)c1cc(C(F)(F)F)ccc1Cl. The van der Waals surface area contributed by atoms with Crippen LogP contribution < -0.4 is 10.6 Å². The smallest absolute Gasteiger partial charge is 0.385 e. The standard InChI is InChI=1S/C22H21ClF6N2O/c23-19-9-6-15(22(27,28)29)11-18(19)20(32)31-16-7-4-13(5-8-16)12-30-17-3-1-2-14(10-17)21(24,25)26/h1-3,6,9-11,13,16,30H,4-5,7-8,12H2,(H,31,32)/t13-,16-. The summed E-state index contributed by atoms with van der Waals surface area (Å²) in [5.41, 5.74) is -1.51. The summed E-state index contributed by atoms with van der Waals surface area (Å²) in [6.07, 6.45) is -6.34. The van der Waals surface area contributed by atoms with Gasteiger partial charge < -0.3 is 10.6 Å². The van der Waals surface area contributed by atoms with Gasteiger partial charge in [-0.15, -0.1) is 0 Å². The Morgan fingerprint density at radius 2 is 1.53 bits per heavy atom. The number of alkyl halides is 6. The van der Waals surface area contributed by atoms with Crippen LogP contribution in [0.5, 0.6) is 0 Å². The van der Waals surface area contributed by atoms with Crippen molar-refractivity contribution in [1.82, 2.24) is 5.32 Å². The normalized spacial score (nSPS) is 19.5. The number of nitrogens with one attached hydrogen (secondary N) is 2. The molecule has 0 aliphatic heterocycles. The van der Waals surface area contributed by atoms with E-state index in [9.17, 15) is 31.1 Å². The minimum absolute atomic E-state index is 0.0607. The Kier molecular flexibility index (Phi) is 7.27. The predicted molar refractivity (Wildman–Crippen MR) is 110 cm³/mol. The molecule has 1 amide bonds. The molecule has 2 aromatic rings. The number of carbonyl (C=O) groups excluding carboxylic acids is 1. The summed E-state index contributed by atoms with van der Waals surface area (Å²) in [5.74, 6) is -0.457. The summed E-state index contributed by atoms with van der Waals surface area (Å²) in [6, 6.07) is 7.38. The van der Waals surface area contributed by atoms with Gasteiger partial charge in [0, 0.05) is 18.3 Å². The van der Waals surface area contributed by atoms with E-state index in [0.717, 1.165) is 30.3 Å². The summed E-state index contributed by atoms with van der Waals surface area (Å²) in [5, 5.41) is 5.70. The first-order chi connectivity index (χ1) is 14.9. The van der Waals surface area contributed by atoms with E-state index >= 15 is 0 Å². The van der Waals surface area contributed by atoms with E-state index in [0.29, 0.717) is 37.9 Å². The third kappa shape index (κ3) is 6.31. The Bertz CT molecular complexity index is 952. The molecular formula is C22H21ClF6N2O. The van der Waals surface area contributed by atoms with E-state index in [-0.39, 0.29) is 22.5 Å². The van der Waals surface area contributed by atoms with Crippen molar-refractivity contribution in [3.05, 3.63) is 64.2 Å². The largest absolute Gasteiger partial charge is 0.416 e. The van der Waals surface area contributed by atoms with Gasteiger partial charge in [-0.3, -0.25) is 4.79 Å². The summed E-state index contributed by atoms with van der Waals surface area (Å²) >= 11 is 5.91. The maximum absolute atomic E-state index is 12.9.